The first-order valence-corrected chi connectivity index (χ1v) is 5.42. The Hall–Kier alpha value is -1.44. The summed E-state index contributed by atoms with van der Waals surface area (Å²) in [4.78, 5) is 13.0. The quantitative estimate of drug-likeness (QED) is 0.810. The zero-order valence-corrected chi connectivity index (χ0v) is 10.2. The maximum absolute atomic E-state index is 12.9. The van der Waals surface area contributed by atoms with Gasteiger partial charge in [0, 0.05) is 6.54 Å². The summed E-state index contributed by atoms with van der Waals surface area (Å²) in [6, 6.07) is 6.25. The van der Waals surface area contributed by atoms with Crippen LogP contribution in [0.5, 0.6) is 0 Å². The molecule has 0 bridgehead atoms. The SMILES string of the molecule is CN(CC(=O)CC#N)Cc1ccc(F)c(Cl)c1. The maximum Gasteiger partial charge on any atom is 0.160 e. The monoisotopic (exact) mass is 254 g/mol. The van der Waals surface area contributed by atoms with Gasteiger partial charge in [-0.3, -0.25) is 9.69 Å². The zero-order valence-electron chi connectivity index (χ0n) is 9.41. The first-order valence-electron chi connectivity index (χ1n) is 5.04. The minimum Gasteiger partial charge on any atom is -0.297 e. The highest BCUT2D eigenvalue weighted by molar-refractivity contribution is 6.30. The number of nitriles is 1. The molecule has 1 aromatic carbocycles. The fourth-order valence-electron chi connectivity index (χ4n) is 1.45. The van der Waals surface area contributed by atoms with Crippen LogP contribution in [0, 0.1) is 17.1 Å². The van der Waals surface area contributed by atoms with Crippen molar-refractivity contribution < 1.29 is 9.18 Å². The average molecular weight is 255 g/mol. The first-order chi connectivity index (χ1) is 8.02. The van der Waals surface area contributed by atoms with Crippen molar-refractivity contribution >= 4 is 17.4 Å². The molecule has 90 valence electrons. The van der Waals surface area contributed by atoms with E-state index in [0.717, 1.165) is 5.56 Å². The van der Waals surface area contributed by atoms with Gasteiger partial charge in [0.2, 0.25) is 0 Å². The number of carbonyl (C=O) groups is 1. The van der Waals surface area contributed by atoms with Crippen LogP contribution in [0.3, 0.4) is 0 Å². The molecule has 0 saturated heterocycles. The van der Waals surface area contributed by atoms with Crippen molar-refractivity contribution in [1.29, 1.82) is 5.26 Å². The number of benzene rings is 1. The highest BCUT2D eigenvalue weighted by Crippen LogP contribution is 2.16. The van der Waals surface area contributed by atoms with Crippen LogP contribution in [0.4, 0.5) is 4.39 Å². The number of hydrogen-bond acceptors (Lipinski definition) is 3. The molecule has 0 aromatic heterocycles. The number of carbonyl (C=O) groups excluding carboxylic acids is 1. The second kappa shape index (κ2) is 6.33. The maximum atomic E-state index is 12.9. The molecule has 0 amide bonds. The van der Waals surface area contributed by atoms with Gasteiger partial charge in [-0.15, -0.1) is 0 Å². The van der Waals surface area contributed by atoms with Gasteiger partial charge < -0.3 is 0 Å². The van der Waals surface area contributed by atoms with E-state index in [9.17, 15) is 9.18 Å². The lowest BCUT2D eigenvalue weighted by Gasteiger charge is -2.15. The van der Waals surface area contributed by atoms with E-state index in [0.29, 0.717) is 6.54 Å². The summed E-state index contributed by atoms with van der Waals surface area (Å²) in [5, 5.41) is 8.43. The molecule has 0 fully saturated rings. The minimum atomic E-state index is -0.460. The summed E-state index contributed by atoms with van der Waals surface area (Å²) in [5.74, 6) is -0.596. The van der Waals surface area contributed by atoms with Crippen LogP contribution in [0.2, 0.25) is 5.02 Å². The Bertz CT molecular complexity index is 456. The van der Waals surface area contributed by atoms with Crippen molar-refractivity contribution in [2.24, 2.45) is 0 Å². The van der Waals surface area contributed by atoms with Crippen LogP contribution in [-0.4, -0.2) is 24.3 Å². The molecule has 0 heterocycles. The van der Waals surface area contributed by atoms with E-state index in [1.807, 2.05) is 0 Å². The number of Topliss-reactive ketones (excluding diaryl/α,β-unsaturated/α-hetero) is 1. The number of ketones is 1. The van der Waals surface area contributed by atoms with Crippen molar-refractivity contribution in [2.75, 3.05) is 13.6 Å². The predicted molar refractivity (Wildman–Crippen MR) is 63.0 cm³/mol. The lowest BCUT2D eigenvalue weighted by atomic mass is 10.2. The molecule has 0 N–H and O–H groups in total. The number of rotatable bonds is 5. The Morgan fingerprint density at radius 3 is 2.88 bits per heavy atom. The van der Waals surface area contributed by atoms with Crippen molar-refractivity contribution in [2.45, 2.75) is 13.0 Å². The molecule has 1 aromatic rings. The highest BCUT2D eigenvalue weighted by atomic mass is 35.5. The Kier molecular flexibility index (Phi) is 5.08. The van der Waals surface area contributed by atoms with Gasteiger partial charge in [0.1, 0.15) is 5.82 Å². The molecule has 3 nitrogen and oxygen atoms in total. The smallest absolute Gasteiger partial charge is 0.160 e. The number of hydrogen-bond donors (Lipinski definition) is 0. The standard InChI is InChI=1S/C12H12ClFN2O/c1-16(8-10(17)4-5-15)7-9-2-3-12(14)11(13)6-9/h2-3,6H,4,7-8H2,1H3. The molecule has 0 saturated carbocycles. The second-order valence-electron chi connectivity index (χ2n) is 3.79. The van der Waals surface area contributed by atoms with Crippen LogP contribution in [0.15, 0.2) is 18.2 Å². The van der Waals surface area contributed by atoms with E-state index in [1.165, 1.54) is 12.1 Å². The van der Waals surface area contributed by atoms with Gasteiger partial charge in [0.05, 0.1) is 24.1 Å². The van der Waals surface area contributed by atoms with E-state index < -0.39 is 5.82 Å². The molecule has 17 heavy (non-hydrogen) atoms. The second-order valence-corrected chi connectivity index (χ2v) is 4.20. The first kappa shape index (κ1) is 13.6. The Morgan fingerprint density at radius 1 is 1.59 bits per heavy atom. The predicted octanol–water partition coefficient (Wildman–Crippen LogP) is 2.39. The fraction of sp³-hybridized carbons (Fsp3) is 0.333. The largest absolute Gasteiger partial charge is 0.297 e. The normalized spacial score (nSPS) is 10.3. The number of likely N-dealkylation sites (N-methyl/N-ethyl adjacent to an activating group) is 1. The van der Waals surface area contributed by atoms with Crippen LogP contribution < -0.4 is 0 Å². The van der Waals surface area contributed by atoms with E-state index in [2.05, 4.69) is 0 Å². The molecular formula is C12H12ClFN2O. The van der Waals surface area contributed by atoms with Crippen LogP contribution in [0.1, 0.15) is 12.0 Å². The zero-order chi connectivity index (χ0) is 12.8. The summed E-state index contributed by atoms with van der Waals surface area (Å²) < 4.78 is 12.9. The lowest BCUT2D eigenvalue weighted by Crippen LogP contribution is -2.25. The van der Waals surface area contributed by atoms with E-state index >= 15 is 0 Å². The van der Waals surface area contributed by atoms with Crippen LogP contribution in [0.25, 0.3) is 0 Å². The Labute approximate surface area is 104 Å². The molecule has 0 radical (unpaired) electrons. The number of halogens is 2. The van der Waals surface area contributed by atoms with Gasteiger partial charge in [0.25, 0.3) is 0 Å². The van der Waals surface area contributed by atoms with Crippen molar-refractivity contribution in [1.82, 2.24) is 4.90 Å². The molecule has 0 aliphatic heterocycles. The third-order valence-corrected chi connectivity index (χ3v) is 2.45. The van der Waals surface area contributed by atoms with Gasteiger partial charge in [0.15, 0.2) is 5.78 Å². The lowest BCUT2D eigenvalue weighted by molar-refractivity contribution is -0.119. The number of nitrogens with zero attached hydrogens (tertiary/aromatic N) is 2. The van der Waals surface area contributed by atoms with Crippen LogP contribution >= 0.6 is 11.6 Å². The van der Waals surface area contributed by atoms with Gasteiger partial charge in [-0.2, -0.15) is 5.26 Å². The average Bonchev–Trinajstić information content (AvgIpc) is 2.23. The molecule has 0 aliphatic rings. The topological polar surface area (TPSA) is 44.1 Å². The third-order valence-electron chi connectivity index (χ3n) is 2.16. The molecule has 5 heteroatoms. The van der Waals surface area contributed by atoms with E-state index in [4.69, 9.17) is 16.9 Å². The molecule has 0 atom stereocenters. The van der Waals surface area contributed by atoms with Crippen LogP contribution in [-0.2, 0) is 11.3 Å². The molecule has 1 rings (SSSR count). The van der Waals surface area contributed by atoms with Gasteiger partial charge in [-0.25, -0.2) is 4.39 Å². The Morgan fingerprint density at radius 2 is 2.29 bits per heavy atom. The van der Waals surface area contributed by atoms with E-state index in [1.54, 1.807) is 24.1 Å². The molecular weight excluding hydrogens is 243 g/mol. The van der Waals surface area contributed by atoms with Gasteiger partial charge in [-0.1, -0.05) is 17.7 Å². The molecule has 0 spiro atoms. The summed E-state index contributed by atoms with van der Waals surface area (Å²) in [7, 11) is 1.76. The summed E-state index contributed by atoms with van der Waals surface area (Å²) in [5.41, 5.74) is 0.823. The van der Waals surface area contributed by atoms with Gasteiger partial charge in [-0.05, 0) is 24.7 Å². The molecule has 0 unspecified atom stereocenters. The third kappa shape index (κ3) is 4.51. The highest BCUT2D eigenvalue weighted by Gasteiger charge is 2.08. The fourth-order valence-corrected chi connectivity index (χ4v) is 1.65. The molecule has 0 aliphatic carbocycles. The van der Waals surface area contributed by atoms with Gasteiger partial charge >= 0.3 is 0 Å². The summed E-state index contributed by atoms with van der Waals surface area (Å²) in [6.07, 6.45) is -0.0888. The van der Waals surface area contributed by atoms with E-state index in [-0.39, 0.29) is 23.8 Å². The summed E-state index contributed by atoms with van der Waals surface area (Å²) >= 11 is 5.65. The summed E-state index contributed by atoms with van der Waals surface area (Å²) in [6.45, 7) is 0.680. The Balaban J connectivity index is 2.56. The van der Waals surface area contributed by atoms with Crippen molar-refractivity contribution in [3.8, 4) is 6.07 Å². The van der Waals surface area contributed by atoms with Crippen molar-refractivity contribution in [3.05, 3.63) is 34.6 Å². The van der Waals surface area contributed by atoms with Crippen molar-refractivity contribution in [3.63, 3.8) is 0 Å². The minimum absolute atomic E-state index is 0.0688.